The second-order valence-electron chi connectivity index (χ2n) is 6.91. The summed E-state index contributed by atoms with van der Waals surface area (Å²) < 4.78 is 24.0. The molecular formula is C22H23FN2O3. The molecule has 0 bridgehead atoms. The van der Waals surface area contributed by atoms with Crippen LogP contribution in [0.15, 0.2) is 60.7 Å². The number of anilines is 1. The van der Waals surface area contributed by atoms with Gasteiger partial charge in [0.25, 0.3) is 0 Å². The molecule has 3 aromatic rings. The summed E-state index contributed by atoms with van der Waals surface area (Å²) in [4.78, 5) is 4.39. The number of benzene rings is 2. The minimum absolute atomic E-state index is 0.306. The molecule has 0 saturated heterocycles. The van der Waals surface area contributed by atoms with Crippen LogP contribution in [0.1, 0.15) is 19.4 Å². The fraction of sp³-hybridized carbons (Fsp3) is 0.227. The number of rotatable bonds is 7. The summed E-state index contributed by atoms with van der Waals surface area (Å²) in [5, 5.41) is 9.64. The predicted molar refractivity (Wildman–Crippen MR) is 107 cm³/mol. The zero-order valence-corrected chi connectivity index (χ0v) is 15.9. The van der Waals surface area contributed by atoms with Crippen LogP contribution in [0.4, 0.5) is 10.2 Å². The molecule has 3 N–H and O–H groups in total. The SMILES string of the molecule is CC(C)(O)OCCc1cc(N)nc(-c2ccc(Oc3ccc(F)cc3)cc2)c1. The number of halogens is 1. The molecule has 0 aliphatic carbocycles. The van der Waals surface area contributed by atoms with E-state index >= 15 is 0 Å². The van der Waals surface area contributed by atoms with Crippen LogP contribution >= 0.6 is 0 Å². The smallest absolute Gasteiger partial charge is 0.159 e. The number of aliphatic hydroxyl groups is 1. The Balaban J connectivity index is 1.71. The van der Waals surface area contributed by atoms with Crippen molar-refractivity contribution in [1.82, 2.24) is 4.98 Å². The van der Waals surface area contributed by atoms with Crippen LogP contribution in [0, 0.1) is 5.82 Å². The third-order valence-electron chi connectivity index (χ3n) is 3.95. The van der Waals surface area contributed by atoms with Gasteiger partial charge in [-0.1, -0.05) is 0 Å². The highest BCUT2D eigenvalue weighted by Gasteiger charge is 2.12. The maximum atomic E-state index is 13.0. The van der Waals surface area contributed by atoms with Crippen LogP contribution < -0.4 is 10.5 Å². The lowest BCUT2D eigenvalue weighted by Crippen LogP contribution is -2.24. The topological polar surface area (TPSA) is 77.6 Å². The van der Waals surface area contributed by atoms with Crippen LogP contribution in [0.25, 0.3) is 11.3 Å². The third kappa shape index (κ3) is 5.77. The van der Waals surface area contributed by atoms with E-state index in [0.717, 1.165) is 16.8 Å². The highest BCUT2D eigenvalue weighted by Crippen LogP contribution is 2.26. The Bertz CT molecular complexity index is 920. The summed E-state index contributed by atoms with van der Waals surface area (Å²) in [5.74, 6) is 0.145. The average molecular weight is 382 g/mol. The lowest BCUT2D eigenvalue weighted by atomic mass is 10.1. The highest BCUT2D eigenvalue weighted by atomic mass is 19.1. The first-order chi connectivity index (χ1) is 13.3. The van der Waals surface area contributed by atoms with E-state index in [1.54, 1.807) is 32.0 Å². The Morgan fingerprint density at radius 2 is 1.61 bits per heavy atom. The summed E-state index contributed by atoms with van der Waals surface area (Å²) >= 11 is 0. The van der Waals surface area contributed by atoms with Crippen molar-refractivity contribution in [1.29, 1.82) is 0 Å². The van der Waals surface area contributed by atoms with Crippen molar-refractivity contribution in [3.63, 3.8) is 0 Å². The zero-order valence-electron chi connectivity index (χ0n) is 15.9. The first-order valence-corrected chi connectivity index (χ1v) is 8.95. The van der Waals surface area contributed by atoms with Gasteiger partial charge in [0.05, 0.1) is 12.3 Å². The quantitative estimate of drug-likeness (QED) is 0.586. The molecule has 0 aliphatic rings. The normalized spacial score (nSPS) is 11.4. The summed E-state index contributed by atoms with van der Waals surface area (Å²) in [6, 6.07) is 17.0. The van der Waals surface area contributed by atoms with Gasteiger partial charge in [0.15, 0.2) is 5.79 Å². The van der Waals surface area contributed by atoms with Gasteiger partial charge in [0.1, 0.15) is 23.1 Å². The number of pyridine rings is 1. The van der Waals surface area contributed by atoms with Gasteiger partial charge >= 0.3 is 0 Å². The molecule has 6 heteroatoms. The Labute approximate surface area is 163 Å². The van der Waals surface area contributed by atoms with Gasteiger partial charge < -0.3 is 20.3 Å². The van der Waals surface area contributed by atoms with Gasteiger partial charge in [-0.25, -0.2) is 9.37 Å². The summed E-state index contributed by atoms with van der Waals surface area (Å²) in [7, 11) is 0. The second-order valence-corrected chi connectivity index (χ2v) is 6.91. The highest BCUT2D eigenvalue weighted by molar-refractivity contribution is 5.63. The number of nitrogen functional groups attached to an aromatic ring is 1. The van der Waals surface area contributed by atoms with Gasteiger partial charge in [-0.3, -0.25) is 0 Å². The Morgan fingerprint density at radius 3 is 2.21 bits per heavy atom. The second kappa shape index (κ2) is 8.37. The first-order valence-electron chi connectivity index (χ1n) is 8.95. The van der Waals surface area contributed by atoms with E-state index in [1.165, 1.54) is 12.1 Å². The van der Waals surface area contributed by atoms with E-state index in [-0.39, 0.29) is 5.82 Å². The van der Waals surface area contributed by atoms with Crippen LogP contribution in [0.3, 0.4) is 0 Å². The maximum absolute atomic E-state index is 13.0. The summed E-state index contributed by atoms with van der Waals surface area (Å²) in [6.07, 6.45) is 0.607. The van der Waals surface area contributed by atoms with E-state index in [2.05, 4.69) is 4.98 Å². The molecular weight excluding hydrogens is 359 g/mol. The predicted octanol–water partition coefficient (Wildman–Crippen LogP) is 4.55. The van der Waals surface area contributed by atoms with E-state index in [4.69, 9.17) is 15.2 Å². The molecule has 1 heterocycles. The van der Waals surface area contributed by atoms with E-state index < -0.39 is 5.79 Å². The molecule has 1 aromatic heterocycles. The number of nitrogens with two attached hydrogens (primary N) is 1. The van der Waals surface area contributed by atoms with Crippen molar-refractivity contribution >= 4 is 5.82 Å². The molecule has 146 valence electrons. The van der Waals surface area contributed by atoms with Gasteiger partial charge in [0, 0.05) is 5.56 Å². The number of aromatic nitrogens is 1. The van der Waals surface area contributed by atoms with Crippen LogP contribution in [0.5, 0.6) is 11.5 Å². The summed E-state index contributed by atoms with van der Waals surface area (Å²) in [5.41, 5.74) is 8.55. The van der Waals surface area contributed by atoms with Gasteiger partial charge in [-0.15, -0.1) is 0 Å². The van der Waals surface area contributed by atoms with Crippen molar-refractivity contribution in [3.8, 4) is 22.8 Å². The molecule has 28 heavy (non-hydrogen) atoms. The number of nitrogens with zero attached hydrogens (tertiary/aromatic N) is 1. The Kier molecular flexibility index (Phi) is 5.92. The van der Waals surface area contributed by atoms with Crippen molar-refractivity contribution < 1.29 is 19.0 Å². The largest absolute Gasteiger partial charge is 0.457 e. The minimum Gasteiger partial charge on any atom is -0.457 e. The van der Waals surface area contributed by atoms with Gasteiger partial charge in [-0.05, 0) is 86.5 Å². The molecule has 2 aromatic carbocycles. The third-order valence-corrected chi connectivity index (χ3v) is 3.95. The fourth-order valence-electron chi connectivity index (χ4n) is 2.65. The van der Waals surface area contributed by atoms with E-state index in [0.29, 0.717) is 30.3 Å². The van der Waals surface area contributed by atoms with E-state index in [9.17, 15) is 9.50 Å². The fourth-order valence-corrected chi connectivity index (χ4v) is 2.65. The van der Waals surface area contributed by atoms with Crippen molar-refractivity contribution in [3.05, 3.63) is 72.0 Å². The van der Waals surface area contributed by atoms with Gasteiger partial charge in [0.2, 0.25) is 0 Å². The van der Waals surface area contributed by atoms with E-state index in [1.807, 2.05) is 30.3 Å². The molecule has 0 amide bonds. The minimum atomic E-state index is -1.16. The molecule has 0 fully saturated rings. The standard InChI is InChI=1S/C22H23FN2O3/c1-22(2,26)27-12-11-15-13-20(25-21(24)14-15)16-3-7-18(8-4-16)28-19-9-5-17(23)6-10-19/h3-10,13-14,26H,11-12H2,1-2H3,(H2,24,25). The summed E-state index contributed by atoms with van der Waals surface area (Å²) in [6.45, 7) is 3.56. The number of ether oxygens (including phenoxy) is 2. The van der Waals surface area contributed by atoms with Crippen LogP contribution in [-0.2, 0) is 11.2 Å². The van der Waals surface area contributed by atoms with Crippen molar-refractivity contribution in [2.24, 2.45) is 0 Å². The molecule has 0 spiro atoms. The average Bonchev–Trinajstić information content (AvgIpc) is 2.63. The molecule has 0 unspecified atom stereocenters. The molecule has 3 rings (SSSR count). The van der Waals surface area contributed by atoms with Crippen LogP contribution in [-0.4, -0.2) is 22.5 Å². The van der Waals surface area contributed by atoms with Crippen molar-refractivity contribution in [2.75, 3.05) is 12.3 Å². The lowest BCUT2D eigenvalue weighted by molar-refractivity contribution is -0.175. The Morgan fingerprint density at radius 1 is 1.00 bits per heavy atom. The molecule has 0 radical (unpaired) electrons. The van der Waals surface area contributed by atoms with Crippen molar-refractivity contribution in [2.45, 2.75) is 26.1 Å². The molecule has 5 nitrogen and oxygen atoms in total. The molecule has 0 aliphatic heterocycles. The monoisotopic (exact) mass is 382 g/mol. The molecule has 0 saturated carbocycles. The maximum Gasteiger partial charge on any atom is 0.159 e. The number of hydrogen-bond acceptors (Lipinski definition) is 5. The first kappa shape index (κ1) is 19.8. The molecule has 0 atom stereocenters. The van der Waals surface area contributed by atoms with Gasteiger partial charge in [-0.2, -0.15) is 0 Å². The number of hydrogen-bond donors (Lipinski definition) is 2. The zero-order chi connectivity index (χ0) is 20.1. The lowest BCUT2D eigenvalue weighted by Gasteiger charge is -2.18. The van der Waals surface area contributed by atoms with Crippen LogP contribution in [0.2, 0.25) is 0 Å². The Hall–Kier alpha value is -2.96.